The minimum Gasteiger partial charge on any atom is -0.406 e. The molecule has 1 N–H and O–H groups in total. The van der Waals surface area contributed by atoms with Gasteiger partial charge in [0.05, 0.1) is 0 Å². The van der Waals surface area contributed by atoms with Crippen LogP contribution < -0.4 is 10.1 Å². The molecule has 2 aromatic heterocycles. The molecule has 5 rings (SSSR count). The summed E-state index contributed by atoms with van der Waals surface area (Å²) in [6, 6.07) is 18.7. The molecular weight excluding hydrogens is 462 g/mol. The van der Waals surface area contributed by atoms with E-state index in [0.29, 0.717) is 22.2 Å². The Morgan fingerprint density at radius 3 is 2.54 bits per heavy atom. The fraction of sp³-hybridized carbons (Fsp3) is 0.115. The van der Waals surface area contributed by atoms with Crippen molar-refractivity contribution in [3.63, 3.8) is 0 Å². The van der Waals surface area contributed by atoms with E-state index >= 15 is 0 Å². The number of nitrogens with zero attached hydrogens (tertiary/aromatic N) is 2. The molecule has 35 heavy (non-hydrogen) atoms. The van der Waals surface area contributed by atoms with Crippen LogP contribution in [0.15, 0.2) is 79.0 Å². The standard InChI is InChI=1S/C26H19F4N3O2/c1-32-10-9-17-13-20(6-8-22(17)32)31-25(34)24-14-18-12-19(27)5-7-23(18)33(24)15-16-3-2-4-21(11-16)35-26(28,29)30/h2-14H,15H2,1H3,(H,31,34). The van der Waals surface area contributed by atoms with Gasteiger partial charge in [-0.3, -0.25) is 4.79 Å². The van der Waals surface area contributed by atoms with E-state index in [2.05, 4.69) is 10.1 Å². The van der Waals surface area contributed by atoms with Gasteiger partial charge in [0.2, 0.25) is 0 Å². The van der Waals surface area contributed by atoms with Crippen molar-refractivity contribution in [1.29, 1.82) is 0 Å². The maximum atomic E-state index is 13.9. The third-order valence-electron chi connectivity index (χ3n) is 5.71. The molecule has 2 heterocycles. The van der Waals surface area contributed by atoms with Crippen LogP contribution in [0.5, 0.6) is 5.75 Å². The molecule has 5 nitrogen and oxygen atoms in total. The maximum absolute atomic E-state index is 13.9. The second kappa shape index (κ2) is 8.50. The number of anilines is 1. The lowest BCUT2D eigenvalue weighted by Crippen LogP contribution is -2.18. The topological polar surface area (TPSA) is 48.2 Å². The van der Waals surface area contributed by atoms with Crippen molar-refractivity contribution in [2.45, 2.75) is 12.9 Å². The molecule has 0 atom stereocenters. The van der Waals surface area contributed by atoms with Gasteiger partial charge < -0.3 is 19.2 Å². The van der Waals surface area contributed by atoms with Crippen molar-refractivity contribution in [1.82, 2.24) is 9.13 Å². The highest BCUT2D eigenvalue weighted by Gasteiger charge is 2.31. The number of hydrogen-bond acceptors (Lipinski definition) is 2. The lowest BCUT2D eigenvalue weighted by molar-refractivity contribution is -0.274. The lowest BCUT2D eigenvalue weighted by Gasteiger charge is -2.13. The van der Waals surface area contributed by atoms with Crippen LogP contribution in [-0.2, 0) is 13.6 Å². The lowest BCUT2D eigenvalue weighted by atomic mass is 10.2. The van der Waals surface area contributed by atoms with Gasteiger partial charge in [0, 0.05) is 47.3 Å². The van der Waals surface area contributed by atoms with Crippen LogP contribution in [-0.4, -0.2) is 21.4 Å². The number of nitrogens with one attached hydrogen (secondary N) is 1. The highest BCUT2D eigenvalue weighted by molar-refractivity contribution is 6.07. The number of carbonyl (C=O) groups excluding carboxylic acids is 1. The van der Waals surface area contributed by atoms with Crippen LogP contribution in [0.25, 0.3) is 21.8 Å². The van der Waals surface area contributed by atoms with Gasteiger partial charge in [0.15, 0.2) is 0 Å². The number of halogens is 4. The Bertz CT molecular complexity index is 1570. The summed E-state index contributed by atoms with van der Waals surface area (Å²) in [5.41, 5.74) is 2.87. The summed E-state index contributed by atoms with van der Waals surface area (Å²) in [7, 11) is 1.92. The van der Waals surface area contributed by atoms with Crippen molar-refractivity contribution in [3.8, 4) is 5.75 Å². The van der Waals surface area contributed by atoms with Crippen molar-refractivity contribution < 1.29 is 27.1 Å². The summed E-state index contributed by atoms with van der Waals surface area (Å²) in [6.45, 7) is 0.0741. The summed E-state index contributed by atoms with van der Waals surface area (Å²) >= 11 is 0. The van der Waals surface area contributed by atoms with Crippen molar-refractivity contribution in [2.75, 3.05) is 5.32 Å². The zero-order chi connectivity index (χ0) is 24.7. The molecule has 0 saturated heterocycles. The normalized spacial score (nSPS) is 11.8. The predicted molar refractivity (Wildman–Crippen MR) is 125 cm³/mol. The molecule has 0 fully saturated rings. The molecule has 178 valence electrons. The average molecular weight is 481 g/mol. The molecule has 3 aromatic carbocycles. The first-order valence-electron chi connectivity index (χ1n) is 10.7. The van der Waals surface area contributed by atoms with Gasteiger partial charge in [-0.05, 0) is 66.2 Å². The van der Waals surface area contributed by atoms with Gasteiger partial charge in [0.1, 0.15) is 17.3 Å². The Kier molecular flexibility index (Phi) is 5.47. The second-order valence-corrected chi connectivity index (χ2v) is 8.17. The molecule has 0 unspecified atom stereocenters. The minimum atomic E-state index is -4.82. The summed E-state index contributed by atoms with van der Waals surface area (Å²) in [4.78, 5) is 13.3. The molecule has 0 aliphatic heterocycles. The number of aromatic nitrogens is 2. The molecule has 5 aromatic rings. The van der Waals surface area contributed by atoms with Gasteiger partial charge in [-0.1, -0.05) is 12.1 Å². The average Bonchev–Trinajstić information content (AvgIpc) is 3.33. The molecule has 0 bridgehead atoms. The first kappa shape index (κ1) is 22.5. The van der Waals surface area contributed by atoms with E-state index in [-0.39, 0.29) is 18.0 Å². The third-order valence-corrected chi connectivity index (χ3v) is 5.71. The number of carbonyl (C=O) groups is 1. The van der Waals surface area contributed by atoms with E-state index in [0.717, 1.165) is 10.9 Å². The monoisotopic (exact) mass is 481 g/mol. The van der Waals surface area contributed by atoms with Crippen molar-refractivity contribution in [2.24, 2.45) is 7.05 Å². The highest BCUT2D eigenvalue weighted by Crippen LogP contribution is 2.27. The smallest absolute Gasteiger partial charge is 0.406 e. The predicted octanol–water partition coefficient (Wildman–Crippen LogP) is 6.47. The Morgan fingerprint density at radius 1 is 0.943 bits per heavy atom. The summed E-state index contributed by atoms with van der Waals surface area (Å²) in [5, 5.41) is 4.32. The number of amides is 1. The Morgan fingerprint density at radius 2 is 1.74 bits per heavy atom. The summed E-state index contributed by atoms with van der Waals surface area (Å²) in [6.07, 6.45) is -2.90. The first-order chi connectivity index (χ1) is 16.7. The van der Waals surface area contributed by atoms with E-state index < -0.39 is 18.1 Å². The highest BCUT2D eigenvalue weighted by atomic mass is 19.4. The first-order valence-corrected chi connectivity index (χ1v) is 10.7. The van der Waals surface area contributed by atoms with Crippen LogP contribution in [0.4, 0.5) is 23.2 Å². The fourth-order valence-corrected chi connectivity index (χ4v) is 4.18. The van der Waals surface area contributed by atoms with Crippen LogP contribution in [0.2, 0.25) is 0 Å². The Hall–Kier alpha value is -4.27. The van der Waals surface area contributed by atoms with Gasteiger partial charge in [-0.15, -0.1) is 13.2 Å². The minimum absolute atomic E-state index is 0.0741. The van der Waals surface area contributed by atoms with Crippen LogP contribution in [0.1, 0.15) is 16.1 Å². The maximum Gasteiger partial charge on any atom is 0.573 e. The van der Waals surface area contributed by atoms with Gasteiger partial charge in [-0.25, -0.2) is 4.39 Å². The zero-order valence-electron chi connectivity index (χ0n) is 18.4. The number of rotatable bonds is 5. The zero-order valence-corrected chi connectivity index (χ0v) is 18.4. The number of aryl methyl sites for hydroxylation is 1. The number of ether oxygens (including phenoxy) is 1. The molecule has 0 spiro atoms. The van der Waals surface area contributed by atoms with E-state index in [1.165, 1.54) is 36.4 Å². The molecule has 0 aliphatic rings. The van der Waals surface area contributed by atoms with Crippen LogP contribution >= 0.6 is 0 Å². The number of alkyl halides is 3. The third kappa shape index (κ3) is 4.70. The van der Waals surface area contributed by atoms with E-state index in [4.69, 9.17) is 0 Å². The SMILES string of the molecule is Cn1ccc2cc(NC(=O)c3cc4cc(F)ccc4n3Cc3cccc(OC(F)(F)F)c3)ccc21. The van der Waals surface area contributed by atoms with Gasteiger partial charge in [0.25, 0.3) is 5.91 Å². The van der Waals surface area contributed by atoms with Gasteiger partial charge in [-0.2, -0.15) is 0 Å². The Labute approximate surface area is 197 Å². The molecule has 0 aliphatic carbocycles. The molecule has 1 amide bonds. The van der Waals surface area contributed by atoms with E-state index in [1.54, 1.807) is 22.8 Å². The van der Waals surface area contributed by atoms with E-state index in [1.807, 2.05) is 36.0 Å². The van der Waals surface area contributed by atoms with Crippen LogP contribution in [0, 0.1) is 5.82 Å². The molecule has 9 heteroatoms. The number of hydrogen-bond donors (Lipinski definition) is 1. The Balaban J connectivity index is 1.50. The second-order valence-electron chi connectivity index (χ2n) is 8.17. The van der Waals surface area contributed by atoms with Crippen LogP contribution in [0.3, 0.4) is 0 Å². The number of fused-ring (bicyclic) bond motifs is 2. The molecule has 0 saturated carbocycles. The van der Waals surface area contributed by atoms with Crippen molar-refractivity contribution >= 4 is 33.4 Å². The molecule has 0 radical (unpaired) electrons. The summed E-state index contributed by atoms with van der Waals surface area (Å²) < 4.78 is 59.5. The van der Waals surface area contributed by atoms with Crippen molar-refractivity contribution in [3.05, 3.63) is 96.1 Å². The quantitative estimate of drug-likeness (QED) is 0.293. The largest absolute Gasteiger partial charge is 0.573 e. The van der Waals surface area contributed by atoms with Gasteiger partial charge >= 0.3 is 6.36 Å². The van der Waals surface area contributed by atoms with E-state index in [9.17, 15) is 22.4 Å². The molecular formula is C26H19F4N3O2. The number of benzene rings is 3. The summed E-state index contributed by atoms with van der Waals surface area (Å²) in [5.74, 6) is -1.25. The fourth-order valence-electron chi connectivity index (χ4n) is 4.18.